The minimum Gasteiger partial charge on any atom is -0.466 e. The summed E-state index contributed by atoms with van der Waals surface area (Å²) in [7, 11) is 0. The monoisotopic (exact) mass is 369 g/mol. The van der Waals surface area contributed by atoms with Crippen molar-refractivity contribution >= 4 is 17.6 Å². The summed E-state index contributed by atoms with van der Waals surface area (Å²) < 4.78 is 23.4. The van der Waals surface area contributed by atoms with E-state index < -0.39 is 29.3 Å². The molecular formula is C18H24FNO6. The summed E-state index contributed by atoms with van der Waals surface area (Å²) in [5.74, 6) is -1.89. The van der Waals surface area contributed by atoms with Crippen LogP contribution in [0.15, 0.2) is 18.2 Å². The average molecular weight is 369 g/mol. The second kappa shape index (κ2) is 11.9. The lowest BCUT2D eigenvalue weighted by atomic mass is 10.2. The van der Waals surface area contributed by atoms with Gasteiger partial charge in [-0.15, -0.1) is 0 Å². The maximum Gasteiger partial charge on any atom is 0.306 e. The van der Waals surface area contributed by atoms with Crippen LogP contribution in [-0.2, 0) is 25.7 Å². The normalized spacial score (nSPS) is 10.4. The Labute approximate surface area is 151 Å². The van der Waals surface area contributed by atoms with Crippen molar-refractivity contribution in [1.29, 1.82) is 0 Å². The third-order valence-corrected chi connectivity index (χ3v) is 3.67. The number of ether oxygens (including phenoxy) is 2. The van der Waals surface area contributed by atoms with Gasteiger partial charge in [-0.3, -0.25) is 19.7 Å². The van der Waals surface area contributed by atoms with Crippen molar-refractivity contribution < 1.29 is 28.4 Å². The molecule has 0 heterocycles. The van der Waals surface area contributed by atoms with Gasteiger partial charge in [-0.05, 0) is 12.5 Å². The minimum atomic E-state index is -0.703. The smallest absolute Gasteiger partial charge is 0.306 e. The topological polar surface area (TPSA) is 95.7 Å². The molecule has 0 saturated carbocycles. The number of nitrogens with zero attached hydrogens (tertiary/aromatic N) is 1. The number of carbonyl (C=O) groups excluding carboxylic acids is 2. The highest BCUT2D eigenvalue weighted by atomic mass is 19.1. The number of halogens is 1. The fraction of sp³-hybridized carbons (Fsp3) is 0.556. The van der Waals surface area contributed by atoms with E-state index in [-0.39, 0.29) is 24.1 Å². The molecule has 1 aromatic rings. The van der Waals surface area contributed by atoms with Gasteiger partial charge in [0.2, 0.25) is 0 Å². The second-order valence-corrected chi connectivity index (χ2v) is 5.83. The van der Waals surface area contributed by atoms with Crippen LogP contribution in [0.5, 0.6) is 0 Å². The van der Waals surface area contributed by atoms with Gasteiger partial charge in [0.25, 0.3) is 5.69 Å². The molecule has 0 unspecified atom stereocenters. The van der Waals surface area contributed by atoms with Gasteiger partial charge in [0.05, 0.1) is 24.4 Å². The van der Waals surface area contributed by atoms with Crippen LogP contribution in [0.25, 0.3) is 0 Å². The predicted octanol–water partition coefficient (Wildman–Crippen LogP) is 4.07. The van der Waals surface area contributed by atoms with Crippen LogP contribution < -0.4 is 0 Å². The first-order valence-corrected chi connectivity index (χ1v) is 8.68. The van der Waals surface area contributed by atoms with Crippen molar-refractivity contribution in [2.45, 2.75) is 58.5 Å². The van der Waals surface area contributed by atoms with Gasteiger partial charge in [0, 0.05) is 17.7 Å². The maximum atomic E-state index is 13.6. The highest BCUT2D eigenvalue weighted by Gasteiger charge is 2.14. The number of esters is 2. The van der Waals surface area contributed by atoms with Crippen molar-refractivity contribution in [3.8, 4) is 0 Å². The molecular weight excluding hydrogens is 345 g/mol. The number of unbranched alkanes of at least 4 members (excludes halogenated alkanes) is 4. The SMILES string of the molecule is CCCCCCCOC(=O)CCC(=O)OCc1cc([N+](=O)[O-])ccc1F. The van der Waals surface area contributed by atoms with Gasteiger partial charge in [-0.2, -0.15) is 0 Å². The molecule has 7 nitrogen and oxygen atoms in total. The first-order chi connectivity index (χ1) is 12.4. The Hall–Kier alpha value is -2.51. The number of carbonyl (C=O) groups is 2. The summed E-state index contributed by atoms with van der Waals surface area (Å²) in [6.45, 7) is 2.02. The summed E-state index contributed by atoms with van der Waals surface area (Å²) in [6, 6.07) is 2.98. The number of rotatable bonds is 12. The number of non-ortho nitro benzene ring substituents is 1. The van der Waals surface area contributed by atoms with E-state index in [0.717, 1.165) is 50.3 Å². The molecule has 0 N–H and O–H groups in total. The van der Waals surface area contributed by atoms with E-state index in [1.165, 1.54) is 0 Å². The van der Waals surface area contributed by atoms with Crippen LogP contribution in [0.1, 0.15) is 57.4 Å². The quantitative estimate of drug-likeness (QED) is 0.238. The van der Waals surface area contributed by atoms with Crippen LogP contribution in [0.3, 0.4) is 0 Å². The van der Waals surface area contributed by atoms with Crippen molar-refractivity contribution in [1.82, 2.24) is 0 Å². The highest BCUT2D eigenvalue weighted by molar-refractivity contribution is 5.77. The Kier molecular flexibility index (Phi) is 9.89. The van der Waals surface area contributed by atoms with Gasteiger partial charge in [0.15, 0.2) is 0 Å². The highest BCUT2D eigenvalue weighted by Crippen LogP contribution is 2.17. The predicted molar refractivity (Wildman–Crippen MR) is 91.8 cm³/mol. The van der Waals surface area contributed by atoms with Gasteiger partial charge in [-0.1, -0.05) is 32.6 Å². The zero-order valence-corrected chi connectivity index (χ0v) is 14.9. The van der Waals surface area contributed by atoms with E-state index in [0.29, 0.717) is 6.61 Å². The lowest BCUT2D eigenvalue weighted by molar-refractivity contribution is -0.385. The number of nitro benzene ring substituents is 1. The lowest BCUT2D eigenvalue weighted by Crippen LogP contribution is -2.11. The molecule has 0 radical (unpaired) electrons. The molecule has 8 heteroatoms. The number of hydrogen-bond donors (Lipinski definition) is 0. The molecule has 0 spiro atoms. The van der Waals surface area contributed by atoms with E-state index in [2.05, 4.69) is 6.92 Å². The summed E-state index contributed by atoms with van der Waals surface area (Å²) in [6.07, 6.45) is 4.89. The molecule has 0 aromatic heterocycles. The average Bonchev–Trinajstić information content (AvgIpc) is 2.62. The van der Waals surface area contributed by atoms with Gasteiger partial charge in [0.1, 0.15) is 12.4 Å². The van der Waals surface area contributed by atoms with Crippen LogP contribution in [0.2, 0.25) is 0 Å². The molecule has 144 valence electrons. The largest absolute Gasteiger partial charge is 0.466 e. The molecule has 0 saturated heterocycles. The Bertz CT molecular complexity index is 620. The number of hydrogen-bond acceptors (Lipinski definition) is 6. The molecule has 0 aliphatic carbocycles. The van der Waals surface area contributed by atoms with Crippen LogP contribution >= 0.6 is 0 Å². The molecule has 26 heavy (non-hydrogen) atoms. The van der Waals surface area contributed by atoms with Gasteiger partial charge >= 0.3 is 11.9 Å². The van der Waals surface area contributed by atoms with Crippen LogP contribution in [0.4, 0.5) is 10.1 Å². The molecule has 0 fully saturated rings. The lowest BCUT2D eigenvalue weighted by Gasteiger charge is -2.07. The third kappa shape index (κ3) is 8.55. The second-order valence-electron chi connectivity index (χ2n) is 5.83. The summed E-state index contributed by atoms with van der Waals surface area (Å²) in [5.41, 5.74) is -0.387. The van der Waals surface area contributed by atoms with Crippen molar-refractivity contribution in [2.24, 2.45) is 0 Å². The van der Waals surface area contributed by atoms with Gasteiger partial charge in [-0.25, -0.2) is 4.39 Å². The molecule has 0 aliphatic heterocycles. The van der Waals surface area contributed by atoms with Crippen molar-refractivity contribution in [3.05, 3.63) is 39.7 Å². The zero-order chi connectivity index (χ0) is 19.4. The molecule has 1 aromatic carbocycles. The first-order valence-electron chi connectivity index (χ1n) is 8.68. The molecule has 0 atom stereocenters. The fourth-order valence-corrected chi connectivity index (χ4v) is 2.18. The Morgan fingerprint density at radius 1 is 1.08 bits per heavy atom. The van der Waals surface area contributed by atoms with E-state index in [1.54, 1.807) is 0 Å². The Morgan fingerprint density at radius 3 is 2.38 bits per heavy atom. The maximum absolute atomic E-state index is 13.6. The standard InChI is InChI=1S/C18H24FNO6/c1-2-3-4-5-6-11-25-17(21)9-10-18(22)26-13-14-12-15(20(23)24)7-8-16(14)19/h7-8,12H,2-6,9-11,13H2,1H3. The van der Waals surface area contributed by atoms with Crippen molar-refractivity contribution in [2.75, 3.05) is 6.61 Å². The zero-order valence-electron chi connectivity index (χ0n) is 14.9. The Morgan fingerprint density at radius 2 is 1.73 bits per heavy atom. The third-order valence-electron chi connectivity index (χ3n) is 3.67. The molecule has 0 aliphatic rings. The van der Waals surface area contributed by atoms with E-state index in [4.69, 9.17) is 9.47 Å². The summed E-state index contributed by atoms with van der Waals surface area (Å²) in [4.78, 5) is 33.1. The van der Waals surface area contributed by atoms with Crippen LogP contribution in [-0.4, -0.2) is 23.5 Å². The fourth-order valence-electron chi connectivity index (χ4n) is 2.18. The summed E-state index contributed by atoms with van der Waals surface area (Å²) >= 11 is 0. The molecule has 0 amide bonds. The summed E-state index contributed by atoms with van der Waals surface area (Å²) in [5, 5.41) is 10.7. The minimum absolute atomic E-state index is 0.0952. The van der Waals surface area contributed by atoms with Crippen LogP contribution in [0, 0.1) is 15.9 Å². The Balaban J connectivity index is 2.25. The van der Waals surface area contributed by atoms with E-state index in [9.17, 15) is 24.1 Å². The van der Waals surface area contributed by atoms with E-state index >= 15 is 0 Å². The molecule has 0 bridgehead atoms. The van der Waals surface area contributed by atoms with Crippen molar-refractivity contribution in [3.63, 3.8) is 0 Å². The number of benzene rings is 1. The first kappa shape index (κ1) is 21.5. The van der Waals surface area contributed by atoms with Gasteiger partial charge < -0.3 is 9.47 Å². The van der Waals surface area contributed by atoms with E-state index in [1.807, 2.05) is 0 Å². The number of nitro groups is 1. The molecule has 1 rings (SSSR count).